The standard InChI is InChI=1S/C24H21FN4O3/c1-17(19-9-13-22(14-10-19)29(31)32)26-28-23(30)16-27(15-18-5-3-2-4-6-18)24(28)20-7-11-21(25)12-8-20/h2-14,24H,15-16H2,1H3/b26-17-/t24-/m0/s1. The molecule has 0 spiro atoms. The van der Waals surface area contributed by atoms with E-state index >= 15 is 0 Å². The van der Waals surface area contributed by atoms with Gasteiger partial charge in [0.05, 0.1) is 17.2 Å². The Labute approximate surface area is 184 Å². The Bertz CT molecular complexity index is 1150. The highest BCUT2D eigenvalue weighted by Crippen LogP contribution is 2.33. The number of halogens is 1. The van der Waals surface area contributed by atoms with Crippen LogP contribution >= 0.6 is 0 Å². The molecule has 0 radical (unpaired) electrons. The first-order valence-electron chi connectivity index (χ1n) is 10.1. The van der Waals surface area contributed by atoms with E-state index in [2.05, 4.69) is 5.10 Å². The number of nitro benzene ring substituents is 1. The van der Waals surface area contributed by atoms with E-state index in [4.69, 9.17) is 0 Å². The molecule has 3 aromatic carbocycles. The maximum atomic E-state index is 13.5. The van der Waals surface area contributed by atoms with Crippen LogP contribution in [0.1, 0.15) is 29.8 Å². The number of non-ortho nitro benzene ring substituents is 1. The fraction of sp³-hybridized carbons (Fsp3) is 0.167. The van der Waals surface area contributed by atoms with Crippen molar-refractivity contribution in [3.8, 4) is 0 Å². The summed E-state index contributed by atoms with van der Waals surface area (Å²) in [6, 6.07) is 21.8. The first-order valence-corrected chi connectivity index (χ1v) is 10.1. The largest absolute Gasteiger partial charge is 0.271 e. The van der Waals surface area contributed by atoms with Gasteiger partial charge in [0.15, 0.2) is 0 Å². The monoisotopic (exact) mass is 432 g/mol. The van der Waals surface area contributed by atoms with Crippen LogP contribution < -0.4 is 0 Å². The second-order valence-electron chi connectivity index (χ2n) is 7.54. The molecule has 1 heterocycles. The summed E-state index contributed by atoms with van der Waals surface area (Å²) in [4.78, 5) is 25.4. The lowest BCUT2D eigenvalue weighted by Gasteiger charge is -2.28. The summed E-state index contributed by atoms with van der Waals surface area (Å²) in [6.45, 7) is 2.43. The first-order chi connectivity index (χ1) is 15.4. The Hall–Kier alpha value is -3.91. The van der Waals surface area contributed by atoms with Gasteiger partial charge >= 0.3 is 0 Å². The SMILES string of the molecule is C/C(=N/N1C(=O)CN(Cc2ccccc2)[C@@H]1c1ccc(F)cc1)c1ccc([N+](=O)[O-])cc1. The molecule has 1 aliphatic rings. The fourth-order valence-electron chi connectivity index (χ4n) is 3.73. The van der Waals surface area contributed by atoms with Gasteiger partial charge in [-0.15, -0.1) is 0 Å². The molecule has 7 nitrogen and oxygen atoms in total. The number of hydrazone groups is 1. The zero-order chi connectivity index (χ0) is 22.7. The lowest BCUT2D eigenvalue weighted by Crippen LogP contribution is -2.29. The molecule has 1 atom stereocenters. The summed E-state index contributed by atoms with van der Waals surface area (Å²) in [5.74, 6) is -0.540. The third-order valence-corrected chi connectivity index (χ3v) is 5.32. The van der Waals surface area contributed by atoms with Crippen molar-refractivity contribution in [3.05, 3.63) is 111 Å². The van der Waals surface area contributed by atoms with Crippen molar-refractivity contribution in [2.45, 2.75) is 19.6 Å². The third kappa shape index (κ3) is 4.55. The zero-order valence-electron chi connectivity index (χ0n) is 17.4. The maximum Gasteiger partial charge on any atom is 0.269 e. The maximum absolute atomic E-state index is 13.5. The molecule has 1 fully saturated rings. The predicted octanol–water partition coefficient (Wildman–Crippen LogP) is 4.50. The summed E-state index contributed by atoms with van der Waals surface area (Å²) in [5, 5.41) is 16.9. The van der Waals surface area contributed by atoms with Gasteiger partial charge in [0.2, 0.25) is 0 Å². The van der Waals surface area contributed by atoms with Gasteiger partial charge in [-0.1, -0.05) is 42.5 Å². The van der Waals surface area contributed by atoms with Gasteiger partial charge in [-0.05, 0) is 47.9 Å². The van der Waals surface area contributed by atoms with E-state index < -0.39 is 11.1 Å². The number of nitro groups is 1. The molecule has 1 aliphatic heterocycles. The van der Waals surface area contributed by atoms with Crippen LogP contribution in [-0.4, -0.2) is 33.0 Å². The van der Waals surface area contributed by atoms with E-state index in [1.807, 2.05) is 35.2 Å². The topological polar surface area (TPSA) is 79.0 Å². The summed E-state index contributed by atoms with van der Waals surface area (Å²) in [5.41, 5.74) is 2.99. The number of nitrogens with zero attached hydrogens (tertiary/aromatic N) is 4. The first kappa shape index (κ1) is 21.3. The molecular weight excluding hydrogens is 411 g/mol. The summed E-state index contributed by atoms with van der Waals surface area (Å²) in [7, 11) is 0. The predicted molar refractivity (Wildman–Crippen MR) is 118 cm³/mol. The molecule has 4 rings (SSSR count). The lowest BCUT2D eigenvalue weighted by molar-refractivity contribution is -0.384. The highest BCUT2D eigenvalue weighted by molar-refractivity contribution is 5.99. The Morgan fingerprint density at radius 1 is 1.06 bits per heavy atom. The molecule has 1 saturated heterocycles. The highest BCUT2D eigenvalue weighted by Gasteiger charge is 2.39. The van der Waals surface area contributed by atoms with Crippen LogP contribution in [0.4, 0.5) is 10.1 Å². The Kier molecular flexibility index (Phi) is 6.04. The van der Waals surface area contributed by atoms with Gasteiger partial charge in [-0.2, -0.15) is 5.10 Å². The quantitative estimate of drug-likeness (QED) is 0.326. The van der Waals surface area contributed by atoms with Gasteiger partial charge in [-0.25, -0.2) is 9.40 Å². The minimum Gasteiger partial charge on any atom is -0.271 e. The van der Waals surface area contributed by atoms with Crippen LogP contribution in [0.15, 0.2) is 84.0 Å². The van der Waals surface area contributed by atoms with Crippen molar-refractivity contribution in [1.29, 1.82) is 0 Å². The van der Waals surface area contributed by atoms with Crippen molar-refractivity contribution in [3.63, 3.8) is 0 Å². The molecule has 0 saturated carbocycles. The van der Waals surface area contributed by atoms with Gasteiger partial charge < -0.3 is 0 Å². The average molecular weight is 432 g/mol. The van der Waals surface area contributed by atoms with Gasteiger partial charge in [-0.3, -0.25) is 19.8 Å². The van der Waals surface area contributed by atoms with Crippen LogP contribution in [0.5, 0.6) is 0 Å². The van der Waals surface area contributed by atoms with Crippen molar-refractivity contribution in [2.75, 3.05) is 6.54 Å². The second kappa shape index (κ2) is 9.07. The van der Waals surface area contributed by atoms with Crippen LogP contribution in [0.25, 0.3) is 0 Å². The molecular formula is C24H21FN4O3. The van der Waals surface area contributed by atoms with E-state index in [9.17, 15) is 19.3 Å². The van der Waals surface area contributed by atoms with Crippen molar-refractivity contribution in [1.82, 2.24) is 9.91 Å². The van der Waals surface area contributed by atoms with Gasteiger partial charge in [0, 0.05) is 18.7 Å². The summed E-state index contributed by atoms with van der Waals surface area (Å²) in [6.07, 6.45) is -0.503. The number of hydrogen-bond donors (Lipinski definition) is 0. The van der Waals surface area contributed by atoms with E-state index in [1.54, 1.807) is 31.2 Å². The summed E-state index contributed by atoms with van der Waals surface area (Å²) < 4.78 is 13.5. The number of rotatable bonds is 6. The lowest BCUT2D eigenvalue weighted by atomic mass is 10.1. The van der Waals surface area contributed by atoms with Crippen LogP contribution in [-0.2, 0) is 11.3 Å². The number of carbonyl (C=O) groups is 1. The van der Waals surface area contributed by atoms with E-state index in [0.717, 1.165) is 11.1 Å². The van der Waals surface area contributed by atoms with Crippen LogP contribution in [0.3, 0.4) is 0 Å². The molecule has 0 aliphatic carbocycles. The molecule has 0 bridgehead atoms. The molecule has 8 heteroatoms. The second-order valence-corrected chi connectivity index (χ2v) is 7.54. The Morgan fingerprint density at radius 2 is 1.72 bits per heavy atom. The number of carbonyl (C=O) groups excluding carboxylic acids is 1. The van der Waals surface area contributed by atoms with E-state index in [0.29, 0.717) is 17.8 Å². The fourth-order valence-corrected chi connectivity index (χ4v) is 3.73. The average Bonchev–Trinajstić information content (AvgIpc) is 3.09. The minimum atomic E-state index is -0.503. The van der Waals surface area contributed by atoms with E-state index in [1.165, 1.54) is 29.3 Å². The number of amides is 1. The van der Waals surface area contributed by atoms with Crippen LogP contribution in [0.2, 0.25) is 0 Å². The van der Waals surface area contributed by atoms with Crippen molar-refractivity contribution < 1.29 is 14.1 Å². The van der Waals surface area contributed by atoms with Crippen LogP contribution in [0, 0.1) is 15.9 Å². The molecule has 32 heavy (non-hydrogen) atoms. The number of benzene rings is 3. The Morgan fingerprint density at radius 3 is 2.34 bits per heavy atom. The number of hydrogen-bond acceptors (Lipinski definition) is 5. The normalized spacial score (nSPS) is 17.1. The Balaban J connectivity index is 1.68. The molecule has 162 valence electrons. The molecule has 0 unspecified atom stereocenters. The van der Waals surface area contributed by atoms with Crippen molar-refractivity contribution >= 4 is 17.3 Å². The minimum absolute atomic E-state index is 0.0166. The molecule has 0 aromatic heterocycles. The van der Waals surface area contributed by atoms with E-state index in [-0.39, 0.29) is 24.0 Å². The molecule has 3 aromatic rings. The molecule has 0 N–H and O–H groups in total. The highest BCUT2D eigenvalue weighted by atomic mass is 19.1. The third-order valence-electron chi connectivity index (χ3n) is 5.32. The zero-order valence-corrected chi connectivity index (χ0v) is 17.4. The smallest absolute Gasteiger partial charge is 0.269 e. The van der Waals surface area contributed by atoms with Crippen molar-refractivity contribution in [2.24, 2.45) is 5.10 Å². The molecule has 1 amide bonds. The van der Waals surface area contributed by atoms with Gasteiger partial charge in [0.1, 0.15) is 12.0 Å². The summed E-state index contributed by atoms with van der Waals surface area (Å²) >= 11 is 0. The van der Waals surface area contributed by atoms with Gasteiger partial charge in [0.25, 0.3) is 11.6 Å².